The van der Waals surface area contributed by atoms with Crippen LogP contribution in [-0.2, 0) is 20.0 Å². The fourth-order valence-corrected chi connectivity index (χ4v) is 2.27. The van der Waals surface area contributed by atoms with Gasteiger partial charge in [0.1, 0.15) is 0 Å². The quantitative estimate of drug-likeness (QED) is 0.891. The molecule has 0 aliphatic heterocycles. The minimum Gasteiger partial charge on any atom is -0.306 e. The molecule has 1 heterocycles. The van der Waals surface area contributed by atoms with Crippen molar-refractivity contribution in [3.05, 3.63) is 52.8 Å². The lowest BCUT2D eigenvalue weighted by Crippen LogP contribution is -2.18. The van der Waals surface area contributed by atoms with Crippen LogP contribution in [-0.4, -0.2) is 9.78 Å². The van der Waals surface area contributed by atoms with Crippen LogP contribution in [0, 0.1) is 6.92 Å². The highest BCUT2D eigenvalue weighted by Gasteiger charge is 2.08. The predicted molar refractivity (Wildman–Crippen MR) is 79.0 cm³/mol. The van der Waals surface area contributed by atoms with E-state index < -0.39 is 0 Å². The van der Waals surface area contributed by atoms with Gasteiger partial charge in [-0.15, -0.1) is 0 Å². The molecule has 3 heteroatoms. The SMILES string of the molecule is CCc1nn(C)cc1CN[C@@H](C)c1ccc(C)cc1. The maximum Gasteiger partial charge on any atom is 0.0666 e. The van der Waals surface area contributed by atoms with E-state index in [0.29, 0.717) is 6.04 Å². The van der Waals surface area contributed by atoms with Crippen LogP contribution in [0.15, 0.2) is 30.5 Å². The summed E-state index contributed by atoms with van der Waals surface area (Å²) in [7, 11) is 1.98. The van der Waals surface area contributed by atoms with Crippen molar-refractivity contribution in [3.8, 4) is 0 Å². The Morgan fingerprint density at radius 3 is 2.58 bits per heavy atom. The molecule has 3 nitrogen and oxygen atoms in total. The van der Waals surface area contributed by atoms with E-state index in [1.807, 2.05) is 11.7 Å². The molecule has 0 bridgehead atoms. The number of nitrogens with zero attached hydrogens (tertiary/aromatic N) is 2. The lowest BCUT2D eigenvalue weighted by molar-refractivity contribution is 0.572. The Morgan fingerprint density at radius 2 is 1.95 bits per heavy atom. The molecular weight excluding hydrogens is 234 g/mol. The van der Waals surface area contributed by atoms with Gasteiger partial charge in [-0.3, -0.25) is 4.68 Å². The number of aryl methyl sites for hydroxylation is 3. The second kappa shape index (κ2) is 6.02. The van der Waals surface area contributed by atoms with Crippen molar-refractivity contribution in [1.29, 1.82) is 0 Å². The number of hydrogen-bond donors (Lipinski definition) is 1. The normalized spacial score (nSPS) is 12.6. The first-order chi connectivity index (χ1) is 9.10. The molecule has 0 saturated heterocycles. The van der Waals surface area contributed by atoms with E-state index in [9.17, 15) is 0 Å². The van der Waals surface area contributed by atoms with E-state index in [-0.39, 0.29) is 0 Å². The summed E-state index contributed by atoms with van der Waals surface area (Å²) in [5, 5.41) is 8.04. The number of hydrogen-bond acceptors (Lipinski definition) is 2. The van der Waals surface area contributed by atoms with Gasteiger partial charge in [0.2, 0.25) is 0 Å². The van der Waals surface area contributed by atoms with Crippen molar-refractivity contribution in [2.75, 3.05) is 0 Å². The van der Waals surface area contributed by atoms with Crippen LogP contribution in [0.5, 0.6) is 0 Å². The Hall–Kier alpha value is -1.61. The molecule has 0 aliphatic rings. The summed E-state index contributed by atoms with van der Waals surface area (Å²) in [5.41, 5.74) is 5.11. The summed E-state index contributed by atoms with van der Waals surface area (Å²) in [6, 6.07) is 9.06. The molecule has 2 rings (SSSR count). The van der Waals surface area contributed by atoms with E-state index in [4.69, 9.17) is 0 Å². The highest BCUT2D eigenvalue weighted by molar-refractivity contribution is 5.24. The second-order valence-electron chi connectivity index (χ2n) is 5.14. The molecule has 0 unspecified atom stereocenters. The molecule has 102 valence electrons. The molecule has 1 aromatic heterocycles. The Labute approximate surface area is 115 Å². The highest BCUT2D eigenvalue weighted by atomic mass is 15.3. The van der Waals surface area contributed by atoms with Crippen LogP contribution >= 0.6 is 0 Å². The van der Waals surface area contributed by atoms with Crippen LogP contribution in [0.4, 0.5) is 0 Å². The third-order valence-electron chi connectivity index (χ3n) is 3.50. The third kappa shape index (κ3) is 3.44. The van der Waals surface area contributed by atoms with Crippen molar-refractivity contribution in [2.45, 2.75) is 39.8 Å². The van der Waals surface area contributed by atoms with Gasteiger partial charge in [0.05, 0.1) is 5.69 Å². The average molecular weight is 257 g/mol. The van der Waals surface area contributed by atoms with Crippen molar-refractivity contribution < 1.29 is 0 Å². The zero-order valence-corrected chi connectivity index (χ0v) is 12.3. The molecule has 0 spiro atoms. The molecule has 0 saturated carbocycles. The van der Waals surface area contributed by atoms with Crippen molar-refractivity contribution in [1.82, 2.24) is 15.1 Å². The van der Waals surface area contributed by atoms with Gasteiger partial charge in [0.15, 0.2) is 0 Å². The van der Waals surface area contributed by atoms with Gasteiger partial charge in [0, 0.05) is 31.4 Å². The van der Waals surface area contributed by atoms with E-state index in [2.05, 4.69) is 61.6 Å². The Morgan fingerprint density at radius 1 is 1.26 bits per heavy atom. The molecule has 1 aromatic carbocycles. The lowest BCUT2D eigenvalue weighted by Gasteiger charge is -2.14. The van der Waals surface area contributed by atoms with E-state index in [1.54, 1.807) is 0 Å². The van der Waals surface area contributed by atoms with Gasteiger partial charge in [-0.25, -0.2) is 0 Å². The largest absolute Gasteiger partial charge is 0.306 e. The van der Waals surface area contributed by atoms with Gasteiger partial charge < -0.3 is 5.32 Å². The van der Waals surface area contributed by atoms with Gasteiger partial charge >= 0.3 is 0 Å². The van der Waals surface area contributed by atoms with Crippen molar-refractivity contribution in [3.63, 3.8) is 0 Å². The minimum atomic E-state index is 0.352. The molecule has 1 atom stereocenters. The minimum absolute atomic E-state index is 0.352. The average Bonchev–Trinajstić information content (AvgIpc) is 2.77. The summed E-state index contributed by atoms with van der Waals surface area (Å²) in [6.45, 7) is 7.33. The molecule has 2 aromatic rings. The highest BCUT2D eigenvalue weighted by Crippen LogP contribution is 2.15. The molecule has 0 radical (unpaired) electrons. The lowest BCUT2D eigenvalue weighted by atomic mass is 10.1. The Bertz CT molecular complexity index is 525. The van der Waals surface area contributed by atoms with Crippen LogP contribution in [0.25, 0.3) is 0 Å². The van der Waals surface area contributed by atoms with Gasteiger partial charge in [-0.2, -0.15) is 5.10 Å². The van der Waals surface area contributed by atoms with Crippen LogP contribution in [0.3, 0.4) is 0 Å². The first kappa shape index (κ1) is 13.8. The number of rotatable bonds is 5. The van der Waals surface area contributed by atoms with Gasteiger partial charge in [0.25, 0.3) is 0 Å². The smallest absolute Gasteiger partial charge is 0.0666 e. The van der Waals surface area contributed by atoms with Crippen LogP contribution in [0.2, 0.25) is 0 Å². The topological polar surface area (TPSA) is 29.9 Å². The van der Waals surface area contributed by atoms with Gasteiger partial charge in [-0.05, 0) is 25.8 Å². The summed E-state index contributed by atoms with van der Waals surface area (Å²) in [4.78, 5) is 0. The molecule has 19 heavy (non-hydrogen) atoms. The first-order valence-electron chi connectivity index (χ1n) is 6.91. The Balaban J connectivity index is 1.99. The summed E-state index contributed by atoms with van der Waals surface area (Å²) < 4.78 is 1.90. The standard InChI is InChI=1S/C16H23N3/c1-5-16-15(11-19(4)18-16)10-17-13(3)14-8-6-12(2)7-9-14/h6-9,11,13,17H,5,10H2,1-4H3/t13-/m0/s1. The second-order valence-corrected chi connectivity index (χ2v) is 5.14. The zero-order valence-electron chi connectivity index (χ0n) is 12.3. The number of nitrogens with one attached hydrogen (secondary N) is 1. The molecule has 0 amide bonds. The first-order valence-corrected chi connectivity index (χ1v) is 6.91. The van der Waals surface area contributed by atoms with E-state index in [1.165, 1.54) is 22.4 Å². The molecule has 0 aliphatic carbocycles. The number of benzene rings is 1. The predicted octanol–water partition coefficient (Wildman–Crippen LogP) is 3.14. The fourth-order valence-electron chi connectivity index (χ4n) is 2.27. The summed E-state index contributed by atoms with van der Waals surface area (Å²) in [5.74, 6) is 0. The van der Waals surface area contributed by atoms with Crippen LogP contribution < -0.4 is 5.32 Å². The van der Waals surface area contributed by atoms with Crippen molar-refractivity contribution in [2.24, 2.45) is 7.05 Å². The molecule has 1 N–H and O–H groups in total. The summed E-state index contributed by atoms with van der Waals surface area (Å²) in [6.07, 6.45) is 3.09. The van der Waals surface area contributed by atoms with Gasteiger partial charge in [-0.1, -0.05) is 36.8 Å². The van der Waals surface area contributed by atoms with E-state index >= 15 is 0 Å². The maximum absolute atomic E-state index is 4.47. The number of aromatic nitrogens is 2. The maximum atomic E-state index is 4.47. The van der Waals surface area contributed by atoms with Crippen LogP contribution in [0.1, 0.15) is 42.3 Å². The molecule has 0 fully saturated rings. The van der Waals surface area contributed by atoms with Crippen molar-refractivity contribution >= 4 is 0 Å². The van der Waals surface area contributed by atoms with E-state index in [0.717, 1.165) is 13.0 Å². The third-order valence-corrected chi connectivity index (χ3v) is 3.50. The summed E-state index contributed by atoms with van der Waals surface area (Å²) >= 11 is 0. The monoisotopic (exact) mass is 257 g/mol. The fraction of sp³-hybridized carbons (Fsp3) is 0.438. The zero-order chi connectivity index (χ0) is 13.8. The Kier molecular flexibility index (Phi) is 4.38. The molecular formula is C16H23N3.